The Morgan fingerprint density at radius 1 is 1.14 bits per heavy atom. The zero-order valence-corrected chi connectivity index (χ0v) is 17.0. The largest absolute Gasteiger partial charge is 0.497 e. The minimum absolute atomic E-state index is 0.0197. The topological polar surface area (TPSA) is 69.0 Å². The molecule has 0 bridgehead atoms. The Balaban J connectivity index is 1.64. The SMILES string of the molecule is COc1ccc(-n2cnnc2SCC(=O)NC(c2ccccc2)C(C)C)cc1. The van der Waals surface area contributed by atoms with Crippen molar-refractivity contribution in [2.24, 2.45) is 5.92 Å². The van der Waals surface area contributed by atoms with Crippen LogP contribution in [-0.4, -0.2) is 33.5 Å². The van der Waals surface area contributed by atoms with Crippen LogP contribution in [0, 0.1) is 5.92 Å². The predicted molar refractivity (Wildman–Crippen MR) is 111 cm³/mol. The molecule has 0 radical (unpaired) electrons. The number of methoxy groups -OCH3 is 1. The molecule has 0 spiro atoms. The summed E-state index contributed by atoms with van der Waals surface area (Å²) in [5.74, 6) is 1.31. The lowest BCUT2D eigenvalue weighted by molar-refractivity contribution is -0.119. The molecule has 146 valence electrons. The normalized spacial score (nSPS) is 12.0. The number of rotatable bonds is 8. The number of aromatic nitrogens is 3. The Morgan fingerprint density at radius 3 is 2.50 bits per heavy atom. The fourth-order valence-corrected chi connectivity index (χ4v) is 3.62. The molecule has 28 heavy (non-hydrogen) atoms. The molecule has 3 rings (SSSR count). The second kappa shape index (κ2) is 9.41. The van der Waals surface area contributed by atoms with Crippen molar-refractivity contribution in [3.63, 3.8) is 0 Å². The first-order valence-electron chi connectivity index (χ1n) is 9.10. The third kappa shape index (κ3) is 4.92. The van der Waals surface area contributed by atoms with Crippen LogP contribution < -0.4 is 10.1 Å². The molecular weight excluding hydrogens is 372 g/mol. The van der Waals surface area contributed by atoms with E-state index in [1.807, 2.05) is 59.2 Å². The lowest BCUT2D eigenvalue weighted by atomic mass is 9.96. The Kier molecular flexibility index (Phi) is 6.71. The molecule has 1 atom stereocenters. The zero-order valence-electron chi connectivity index (χ0n) is 16.2. The summed E-state index contributed by atoms with van der Waals surface area (Å²) in [5.41, 5.74) is 2.02. The molecule has 2 aromatic carbocycles. The lowest BCUT2D eigenvalue weighted by Crippen LogP contribution is -2.33. The van der Waals surface area contributed by atoms with Crippen LogP contribution in [0.4, 0.5) is 0 Å². The van der Waals surface area contributed by atoms with Gasteiger partial charge in [-0.15, -0.1) is 10.2 Å². The number of nitrogens with one attached hydrogen (secondary N) is 1. The predicted octanol–water partition coefficient (Wildman–Crippen LogP) is 3.88. The van der Waals surface area contributed by atoms with Crippen LogP contribution in [0.5, 0.6) is 5.75 Å². The van der Waals surface area contributed by atoms with E-state index in [1.165, 1.54) is 11.8 Å². The lowest BCUT2D eigenvalue weighted by Gasteiger charge is -2.22. The van der Waals surface area contributed by atoms with Gasteiger partial charge in [0.15, 0.2) is 5.16 Å². The maximum atomic E-state index is 12.6. The molecule has 0 saturated heterocycles. The standard InChI is InChI=1S/C21H24N4O2S/c1-15(2)20(16-7-5-4-6-8-16)23-19(26)13-28-21-24-22-14-25(21)17-9-11-18(27-3)12-10-17/h4-12,14-15,20H,13H2,1-3H3,(H,23,26). The smallest absolute Gasteiger partial charge is 0.230 e. The summed E-state index contributed by atoms with van der Waals surface area (Å²) in [5, 5.41) is 11.9. The minimum Gasteiger partial charge on any atom is -0.497 e. The van der Waals surface area contributed by atoms with E-state index in [2.05, 4.69) is 29.4 Å². The van der Waals surface area contributed by atoms with Crippen molar-refractivity contribution in [1.82, 2.24) is 20.1 Å². The molecule has 1 unspecified atom stereocenters. The van der Waals surface area contributed by atoms with E-state index in [9.17, 15) is 4.79 Å². The number of benzene rings is 2. The molecule has 1 aromatic heterocycles. The number of carbonyl (C=O) groups is 1. The van der Waals surface area contributed by atoms with E-state index in [1.54, 1.807) is 13.4 Å². The number of amides is 1. The Labute approximate surface area is 169 Å². The summed E-state index contributed by atoms with van der Waals surface area (Å²) in [4.78, 5) is 12.6. The van der Waals surface area contributed by atoms with Gasteiger partial charge in [0.25, 0.3) is 0 Å². The van der Waals surface area contributed by atoms with Gasteiger partial charge in [0.1, 0.15) is 12.1 Å². The summed E-state index contributed by atoms with van der Waals surface area (Å²) in [7, 11) is 1.63. The summed E-state index contributed by atoms with van der Waals surface area (Å²) >= 11 is 1.36. The van der Waals surface area contributed by atoms with Crippen molar-refractivity contribution in [2.45, 2.75) is 25.0 Å². The van der Waals surface area contributed by atoms with Crippen LogP contribution in [0.25, 0.3) is 5.69 Å². The van der Waals surface area contributed by atoms with Gasteiger partial charge in [-0.25, -0.2) is 0 Å². The highest BCUT2D eigenvalue weighted by Gasteiger charge is 2.19. The van der Waals surface area contributed by atoms with Crippen molar-refractivity contribution in [1.29, 1.82) is 0 Å². The maximum absolute atomic E-state index is 12.6. The van der Waals surface area contributed by atoms with Gasteiger partial charge in [0, 0.05) is 5.69 Å². The van der Waals surface area contributed by atoms with Crippen molar-refractivity contribution < 1.29 is 9.53 Å². The summed E-state index contributed by atoms with van der Waals surface area (Å²) in [6.45, 7) is 4.21. The third-order valence-corrected chi connectivity index (χ3v) is 5.28. The second-order valence-corrected chi connectivity index (χ2v) is 7.61. The van der Waals surface area contributed by atoms with Gasteiger partial charge in [-0.05, 0) is 35.7 Å². The van der Waals surface area contributed by atoms with Crippen LogP contribution in [0.3, 0.4) is 0 Å². The average Bonchev–Trinajstić information content (AvgIpc) is 3.19. The van der Waals surface area contributed by atoms with Crippen LogP contribution in [-0.2, 0) is 4.79 Å². The molecule has 1 heterocycles. The van der Waals surface area contributed by atoms with Crippen LogP contribution in [0.2, 0.25) is 0 Å². The van der Waals surface area contributed by atoms with Gasteiger partial charge in [-0.3, -0.25) is 9.36 Å². The molecule has 0 fully saturated rings. The molecule has 1 N–H and O–H groups in total. The fraction of sp³-hybridized carbons (Fsp3) is 0.286. The van der Waals surface area contributed by atoms with Crippen LogP contribution >= 0.6 is 11.8 Å². The van der Waals surface area contributed by atoms with E-state index in [0.717, 1.165) is 17.0 Å². The van der Waals surface area contributed by atoms with Gasteiger partial charge < -0.3 is 10.1 Å². The number of thioether (sulfide) groups is 1. The average molecular weight is 397 g/mol. The van der Waals surface area contributed by atoms with E-state index < -0.39 is 0 Å². The second-order valence-electron chi connectivity index (χ2n) is 6.67. The van der Waals surface area contributed by atoms with Gasteiger partial charge >= 0.3 is 0 Å². The van der Waals surface area contributed by atoms with Crippen molar-refractivity contribution >= 4 is 17.7 Å². The molecule has 0 aliphatic carbocycles. The maximum Gasteiger partial charge on any atom is 0.230 e. The minimum atomic E-state index is -0.0307. The first-order chi connectivity index (χ1) is 13.6. The first-order valence-corrected chi connectivity index (χ1v) is 10.1. The highest BCUT2D eigenvalue weighted by molar-refractivity contribution is 7.99. The Hall–Kier alpha value is -2.80. The Bertz CT molecular complexity index is 894. The summed E-state index contributed by atoms with van der Waals surface area (Å²) in [6.07, 6.45) is 1.64. The van der Waals surface area contributed by atoms with Crippen LogP contribution in [0.1, 0.15) is 25.5 Å². The van der Waals surface area contributed by atoms with Gasteiger partial charge in [0.05, 0.1) is 18.9 Å². The fourth-order valence-electron chi connectivity index (χ4n) is 2.88. The Morgan fingerprint density at radius 2 is 1.86 bits per heavy atom. The van der Waals surface area contributed by atoms with Crippen molar-refractivity contribution in [3.05, 3.63) is 66.5 Å². The number of carbonyl (C=O) groups excluding carboxylic acids is 1. The third-order valence-electron chi connectivity index (χ3n) is 4.34. The molecule has 0 aliphatic heterocycles. The number of hydrogen-bond donors (Lipinski definition) is 1. The molecule has 6 nitrogen and oxygen atoms in total. The van der Waals surface area contributed by atoms with Gasteiger partial charge in [-0.1, -0.05) is 55.9 Å². The van der Waals surface area contributed by atoms with Gasteiger partial charge in [0.2, 0.25) is 5.91 Å². The zero-order chi connectivity index (χ0) is 19.9. The molecular formula is C21H24N4O2S. The summed E-state index contributed by atoms with van der Waals surface area (Å²) < 4.78 is 7.05. The number of nitrogens with zero attached hydrogens (tertiary/aromatic N) is 3. The molecule has 0 aliphatic rings. The molecule has 3 aromatic rings. The molecule has 1 amide bonds. The molecule has 7 heteroatoms. The highest BCUT2D eigenvalue weighted by atomic mass is 32.2. The monoisotopic (exact) mass is 396 g/mol. The van der Waals surface area contributed by atoms with E-state index >= 15 is 0 Å². The van der Waals surface area contributed by atoms with Crippen molar-refractivity contribution in [3.8, 4) is 11.4 Å². The summed E-state index contributed by atoms with van der Waals surface area (Å²) in [6, 6.07) is 17.6. The van der Waals surface area contributed by atoms with E-state index in [0.29, 0.717) is 11.1 Å². The number of hydrogen-bond acceptors (Lipinski definition) is 5. The van der Waals surface area contributed by atoms with E-state index in [-0.39, 0.29) is 17.7 Å². The van der Waals surface area contributed by atoms with E-state index in [4.69, 9.17) is 4.74 Å². The highest BCUT2D eigenvalue weighted by Crippen LogP contribution is 2.24. The molecule has 0 saturated carbocycles. The van der Waals surface area contributed by atoms with Crippen molar-refractivity contribution in [2.75, 3.05) is 12.9 Å². The van der Waals surface area contributed by atoms with Crippen LogP contribution in [0.15, 0.2) is 66.1 Å². The first kappa shape index (κ1) is 19.9. The quantitative estimate of drug-likeness (QED) is 0.585. The number of ether oxygens (including phenoxy) is 1. The van der Waals surface area contributed by atoms with Gasteiger partial charge in [-0.2, -0.15) is 0 Å².